The summed E-state index contributed by atoms with van der Waals surface area (Å²) in [5.41, 5.74) is 0. The van der Waals surface area contributed by atoms with Crippen molar-refractivity contribution < 1.29 is 19.0 Å². The van der Waals surface area contributed by atoms with Crippen LogP contribution in [0.2, 0.25) is 0 Å². The van der Waals surface area contributed by atoms with E-state index < -0.39 is 12.1 Å². The van der Waals surface area contributed by atoms with Gasteiger partial charge in [-0.3, -0.25) is 19.4 Å². The molecule has 0 aromatic carbocycles. The van der Waals surface area contributed by atoms with Crippen molar-refractivity contribution in [3.63, 3.8) is 0 Å². The predicted molar refractivity (Wildman–Crippen MR) is 59.0 cm³/mol. The fourth-order valence-corrected chi connectivity index (χ4v) is 2.01. The number of urea groups is 1. The van der Waals surface area contributed by atoms with Gasteiger partial charge in [-0.05, 0) is 4.99 Å². The number of likely N-dealkylation sites (N-methyl/N-ethyl adjacent to an activating group) is 3. The lowest BCUT2D eigenvalue weighted by atomic mass is 10.2. The van der Waals surface area contributed by atoms with Crippen LogP contribution in [0.4, 0.5) is 4.79 Å². The van der Waals surface area contributed by atoms with Crippen molar-refractivity contribution in [2.24, 2.45) is 4.99 Å². The molecule has 0 aromatic rings. The summed E-state index contributed by atoms with van der Waals surface area (Å²) in [4.78, 5) is 41.4. The maximum absolute atomic E-state index is 12.0. The van der Waals surface area contributed by atoms with Crippen LogP contribution in [0.25, 0.3) is 0 Å². The number of amidine groups is 2. The Morgan fingerprint density at radius 3 is 2.41 bits per heavy atom. The molecular weight excluding hydrogens is 224 g/mol. The summed E-state index contributed by atoms with van der Waals surface area (Å²) in [6.45, 7) is 1.38. The number of imide groups is 1. The highest BCUT2D eigenvalue weighted by Crippen LogP contribution is 2.17. The third-order valence-electron chi connectivity index (χ3n) is 2.98. The van der Waals surface area contributed by atoms with Gasteiger partial charge in [-0.2, -0.15) is 0 Å². The minimum Gasteiger partial charge on any atom is -0.286 e. The highest BCUT2D eigenvalue weighted by molar-refractivity contribution is 6.40. The minimum atomic E-state index is -0.679. The number of Topliss-reactive ketones (excluding diaryl/α,β-unsaturated/α-hetero) is 1. The first kappa shape index (κ1) is 11.4. The molecule has 0 N–H and O–H groups in total. The van der Waals surface area contributed by atoms with Gasteiger partial charge in [0.15, 0.2) is 0 Å². The molecule has 2 aliphatic rings. The van der Waals surface area contributed by atoms with E-state index in [4.69, 9.17) is 0 Å². The van der Waals surface area contributed by atoms with Gasteiger partial charge in [0.2, 0.25) is 5.78 Å². The highest BCUT2D eigenvalue weighted by Gasteiger charge is 2.52. The van der Waals surface area contributed by atoms with Crippen LogP contribution in [-0.4, -0.2) is 71.0 Å². The zero-order valence-corrected chi connectivity index (χ0v) is 10.1. The van der Waals surface area contributed by atoms with Crippen LogP contribution >= 0.6 is 0 Å². The van der Waals surface area contributed by atoms with E-state index in [0.29, 0.717) is 5.84 Å². The van der Waals surface area contributed by atoms with Crippen molar-refractivity contribution in [2.75, 3.05) is 21.1 Å². The van der Waals surface area contributed by atoms with Crippen LogP contribution in [0.15, 0.2) is 4.99 Å². The number of hydrogen-bond acceptors (Lipinski definition) is 4. The summed E-state index contributed by atoms with van der Waals surface area (Å²) in [7, 11) is 4.57. The average molecular weight is 237 g/mol. The second kappa shape index (κ2) is 3.47. The van der Waals surface area contributed by atoms with E-state index in [1.165, 1.54) is 30.5 Å². The number of nitrogens with zero attached hydrogens (tertiary/aromatic N) is 4. The smallest absolute Gasteiger partial charge is 0.286 e. The molecular formula is C10H13N4O3+. The van der Waals surface area contributed by atoms with Gasteiger partial charge >= 0.3 is 11.9 Å². The summed E-state index contributed by atoms with van der Waals surface area (Å²) in [5, 5.41) is 0. The quantitative estimate of drug-likeness (QED) is 0.544. The molecule has 0 spiro atoms. The number of amides is 3. The van der Waals surface area contributed by atoms with E-state index in [0.717, 1.165) is 4.90 Å². The predicted octanol–water partition coefficient (Wildman–Crippen LogP) is -1.08. The van der Waals surface area contributed by atoms with Gasteiger partial charge in [0.1, 0.15) is 0 Å². The lowest BCUT2D eigenvalue weighted by Gasteiger charge is -2.29. The molecule has 7 heteroatoms. The molecule has 2 heterocycles. The maximum Gasteiger partial charge on any atom is 0.364 e. The summed E-state index contributed by atoms with van der Waals surface area (Å²) in [5.74, 6) is -0.0876. The molecule has 1 unspecified atom stereocenters. The van der Waals surface area contributed by atoms with Gasteiger partial charge < -0.3 is 0 Å². The topological polar surface area (TPSA) is 73.1 Å². The minimum absolute atomic E-state index is 0.202. The van der Waals surface area contributed by atoms with Crippen LogP contribution in [0.1, 0.15) is 6.92 Å². The van der Waals surface area contributed by atoms with Crippen molar-refractivity contribution in [1.29, 1.82) is 0 Å². The number of rotatable bonds is 1. The first-order valence-electron chi connectivity index (χ1n) is 5.10. The molecule has 1 fully saturated rings. The monoisotopic (exact) mass is 237 g/mol. The molecule has 2 rings (SSSR count). The Morgan fingerprint density at radius 1 is 1.29 bits per heavy atom. The van der Waals surface area contributed by atoms with Gasteiger partial charge in [0, 0.05) is 21.0 Å². The number of hydrogen-bond donors (Lipinski definition) is 0. The Labute approximate surface area is 98.0 Å². The highest BCUT2D eigenvalue weighted by atomic mass is 16.2. The zero-order valence-electron chi connectivity index (χ0n) is 10.1. The molecule has 7 nitrogen and oxygen atoms in total. The van der Waals surface area contributed by atoms with Crippen LogP contribution < -0.4 is 0 Å². The second-order valence-electron chi connectivity index (χ2n) is 4.10. The van der Waals surface area contributed by atoms with Crippen molar-refractivity contribution in [3.05, 3.63) is 0 Å². The van der Waals surface area contributed by atoms with Crippen molar-refractivity contribution in [3.8, 4) is 0 Å². The molecule has 2 aliphatic heterocycles. The zero-order chi connectivity index (χ0) is 12.9. The summed E-state index contributed by atoms with van der Waals surface area (Å²) in [6, 6.07) is -1.12. The lowest BCUT2D eigenvalue weighted by molar-refractivity contribution is -0.504. The number of fused-ring (bicyclic) bond motifs is 1. The van der Waals surface area contributed by atoms with Crippen molar-refractivity contribution in [2.45, 2.75) is 13.0 Å². The van der Waals surface area contributed by atoms with Gasteiger partial charge in [-0.15, -0.1) is 0 Å². The summed E-state index contributed by atoms with van der Waals surface area (Å²) in [6.07, 6.45) is 0. The van der Waals surface area contributed by atoms with E-state index in [1.807, 2.05) is 0 Å². The lowest BCUT2D eigenvalue weighted by Crippen LogP contribution is -2.61. The summed E-state index contributed by atoms with van der Waals surface area (Å²) >= 11 is 0. The summed E-state index contributed by atoms with van der Waals surface area (Å²) < 4.78 is 1.50. The van der Waals surface area contributed by atoms with Crippen LogP contribution in [0, 0.1) is 0 Å². The van der Waals surface area contributed by atoms with E-state index in [1.54, 1.807) is 7.05 Å². The third-order valence-corrected chi connectivity index (χ3v) is 2.98. The van der Waals surface area contributed by atoms with Gasteiger partial charge in [-0.1, -0.05) is 0 Å². The van der Waals surface area contributed by atoms with Gasteiger partial charge in [-0.25, -0.2) is 9.37 Å². The Balaban J connectivity index is 2.53. The van der Waals surface area contributed by atoms with Crippen LogP contribution in [0.3, 0.4) is 0 Å². The average Bonchev–Trinajstić information content (AvgIpc) is 2.62. The first-order valence-corrected chi connectivity index (χ1v) is 5.10. The standard InChI is InChI=1S/C10H13N4O3/c1-5(15)7-11-8-6(12(7)2)9(16)14(4)10(17)13(8)3/h6H,1-4H3/q+1. The number of carbonyl (C=O) groups excluding carboxylic acids is 3. The van der Waals surface area contributed by atoms with Gasteiger partial charge in [0.05, 0.1) is 7.05 Å². The molecule has 3 amide bonds. The van der Waals surface area contributed by atoms with Crippen LogP contribution in [0.5, 0.6) is 0 Å². The fourth-order valence-electron chi connectivity index (χ4n) is 2.01. The van der Waals surface area contributed by atoms with Crippen molar-refractivity contribution in [1.82, 2.24) is 9.80 Å². The molecule has 90 valence electrons. The Morgan fingerprint density at radius 2 is 1.88 bits per heavy atom. The number of carbonyl (C=O) groups is 3. The molecule has 0 radical (unpaired) electrons. The second-order valence-corrected chi connectivity index (χ2v) is 4.10. The molecule has 0 bridgehead atoms. The fraction of sp³-hybridized carbons (Fsp3) is 0.500. The largest absolute Gasteiger partial charge is 0.364 e. The molecule has 0 aromatic heterocycles. The van der Waals surface area contributed by atoms with E-state index in [9.17, 15) is 14.4 Å². The van der Waals surface area contributed by atoms with Crippen LogP contribution in [-0.2, 0) is 9.59 Å². The number of aliphatic imine (C=N–C) groups is 1. The maximum atomic E-state index is 12.0. The Hall–Kier alpha value is -2.05. The van der Waals surface area contributed by atoms with Gasteiger partial charge in [0.25, 0.3) is 17.8 Å². The molecule has 0 saturated carbocycles. The number of ketones is 1. The normalized spacial score (nSPS) is 24.2. The molecule has 0 aliphatic carbocycles. The first-order chi connectivity index (χ1) is 7.86. The van der Waals surface area contributed by atoms with E-state index in [-0.39, 0.29) is 17.5 Å². The van der Waals surface area contributed by atoms with Crippen molar-refractivity contribution >= 4 is 29.4 Å². The Bertz CT molecular complexity index is 506. The molecule has 1 saturated heterocycles. The SMILES string of the molecule is CC(=O)C1=[N+](C)C2C(=O)N(C)C(=O)N(C)C2=N1. The van der Waals surface area contributed by atoms with E-state index >= 15 is 0 Å². The van der Waals surface area contributed by atoms with E-state index in [2.05, 4.69) is 4.99 Å². The molecule has 1 atom stereocenters. The molecule has 17 heavy (non-hydrogen) atoms. The third kappa shape index (κ3) is 1.38. The Kier molecular flexibility index (Phi) is 2.34.